The SMILES string of the molecule is COc1cc(C=CC(=O)O[C@H]2[C@H](O)[C@@H](O)[C@@H](O[C@]3(CO)O[C@H](CO)[C@@H](O)[C@@H]3OC(=O)c3ccccc3)O[C@@H]2COC(=O)c2ccccc2)ccc1O[C@@H]1O[C@@H](C)[C@H](O)[C@@H](O)[C@H]1O. The van der Waals surface area contributed by atoms with Crippen LogP contribution in [0.4, 0.5) is 0 Å². The first-order chi connectivity index (χ1) is 29.7. The zero-order valence-electron chi connectivity index (χ0n) is 33.3. The van der Waals surface area contributed by atoms with E-state index in [2.05, 4.69) is 0 Å². The number of aliphatic hydroxyl groups excluding tert-OH is 8. The Kier molecular flexibility index (Phi) is 15.3. The average molecular weight is 873 g/mol. The van der Waals surface area contributed by atoms with Crippen molar-refractivity contribution >= 4 is 24.0 Å². The molecule has 3 fully saturated rings. The number of ether oxygens (including phenoxy) is 9. The molecule has 3 saturated heterocycles. The molecule has 3 heterocycles. The topological polar surface area (TPSA) is 296 Å². The fourth-order valence-electron chi connectivity index (χ4n) is 6.92. The first kappa shape index (κ1) is 46.4. The standard InChI is InChI=1S/C42H48O20/c1-21-30(46)32(48)34(50)40(56-21)57-25-15-13-22(17-26(25)54-2)14-16-29(45)59-36-28(19-55-38(52)23-9-5-3-6-10-23)58-41(35(51)33(36)49)62-42(20-44)37(31(47)27(18-43)61-42)60-39(53)24-11-7-4-8-12-24/h3-17,21,27-28,30-37,40-41,43-44,46-51H,18-20H2,1-2H3/t21-,27+,28+,30-,31+,32+,33+,34+,35+,36+,37-,40-,41+,42-/m0/s1. The van der Waals surface area contributed by atoms with Crippen molar-refractivity contribution in [3.63, 3.8) is 0 Å². The predicted octanol–water partition coefficient (Wildman–Crippen LogP) is -1.19. The fraction of sp³-hybridized carbons (Fsp3) is 0.452. The highest BCUT2D eigenvalue weighted by Gasteiger charge is 2.61. The monoisotopic (exact) mass is 872 g/mol. The first-order valence-corrected chi connectivity index (χ1v) is 19.4. The van der Waals surface area contributed by atoms with Crippen molar-refractivity contribution in [1.29, 1.82) is 0 Å². The smallest absolute Gasteiger partial charge is 0.338 e. The molecule has 0 aliphatic carbocycles. The second-order valence-corrected chi connectivity index (χ2v) is 14.5. The van der Waals surface area contributed by atoms with Crippen molar-refractivity contribution in [2.45, 2.75) is 92.4 Å². The maximum atomic E-state index is 13.3. The van der Waals surface area contributed by atoms with Gasteiger partial charge in [0, 0.05) is 6.08 Å². The number of carbonyl (C=O) groups is 3. The average Bonchev–Trinajstić information content (AvgIpc) is 3.55. The zero-order valence-corrected chi connectivity index (χ0v) is 33.3. The van der Waals surface area contributed by atoms with E-state index in [1.807, 2.05) is 0 Å². The largest absolute Gasteiger partial charge is 0.493 e. The highest BCUT2D eigenvalue weighted by atomic mass is 16.8. The minimum atomic E-state index is -2.51. The van der Waals surface area contributed by atoms with E-state index in [1.54, 1.807) is 36.4 Å². The number of esters is 3. The first-order valence-electron chi connectivity index (χ1n) is 19.4. The summed E-state index contributed by atoms with van der Waals surface area (Å²) in [5.74, 6) is -5.18. The molecule has 3 aliphatic rings. The van der Waals surface area contributed by atoms with Crippen molar-refractivity contribution in [3.8, 4) is 11.5 Å². The van der Waals surface area contributed by atoms with Gasteiger partial charge >= 0.3 is 17.9 Å². The Morgan fingerprint density at radius 2 is 1.35 bits per heavy atom. The Morgan fingerprint density at radius 3 is 1.98 bits per heavy atom. The Labute approximate surface area is 353 Å². The molecule has 0 unspecified atom stereocenters. The minimum Gasteiger partial charge on any atom is -0.493 e. The summed E-state index contributed by atoms with van der Waals surface area (Å²) in [5.41, 5.74) is 0.551. The Hall–Kier alpha value is -5.07. The summed E-state index contributed by atoms with van der Waals surface area (Å²) in [6.07, 6.45) is -19.0. The van der Waals surface area contributed by atoms with Gasteiger partial charge in [-0.05, 0) is 55.0 Å². The molecule has 62 heavy (non-hydrogen) atoms. The van der Waals surface area contributed by atoms with Crippen molar-refractivity contribution in [1.82, 2.24) is 0 Å². The Balaban J connectivity index is 1.19. The molecule has 0 amide bonds. The van der Waals surface area contributed by atoms with Crippen LogP contribution in [-0.2, 0) is 38.0 Å². The molecule has 0 bridgehead atoms. The maximum absolute atomic E-state index is 13.3. The molecule has 0 saturated carbocycles. The number of aliphatic hydroxyl groups is 8. The molecule has 8 N–H and O–H groups in total. The molecule has 3 aliphatic heterocycles. The summed E-state index contributed by atoms with van der Waals surface area (Å²) >= 11 is 0. The number of benzene rings is 3. The number of carbonyl (C=O) groups excluding carboxylic acids is 3. The van der Waals surface area contributed by atoms with Gasteiger partial charge in [-0.3, -0.25) is 0 Å². The lowest BCUT2D eigenvalue weighted by molar-refractivity contribution is -0.383. The van der Waals surface area contributed by atoms with E-state index in [-0.39, 0.29) is 22.6 Å². The highest BCUT2D eigenvalue weighted by molar-refractivity contribution is 5.90. The van der Waals surface area contributed by atoms with Crippen LogP contribution in [0, 0.1) is 0 Å². The van der Waals surface area contributed by atoms with Crippen LogP contribution in [-0.4, -0.2) is 171 Å². The van der Waals surface area contributed by atoms with Gasteiger partial charge in [0.25, 0.3) is 0 Å². The molecule has 6 rings (SSSR count). The van der Waals surface area contributed by atoms with Gasteiger partial charge in [-0.2, -0.15) is 0 Å². The van der Waals surface area contributed by atoms with Crippen LogP contribution < -0.4 is 9.47 Å². The Morgan fingerprint density at radius 1 is 0.710 bits per heavy atom. The van der Waals surface area contributed by atoms with Crippen LogP contribution in [0.3, 0.4) is 0 Å². The maximum Gasteiger partial charge on any atom is 0.338 e. The number of hydrogen-bond donors (Lipinski definition) is 8. The van der Waals surface area contributed by atoms with Crippen molar-refractivity contribution in [2.24, 2.45) is 0 Å². The summed E-state index contributed by atoms with van der Waals surface area (Å²) in [7, 11) is 1.33. The number of rotatable bonds is 15. The molecule has 0 spiro atoms. The summed E-state index contributed by atoms with van der Waals surface area (Å²) in [4.78, 5) is 39.3. The third-order valence-corrected chi connectivity index (χ3v) is 10.4. The number of methoxy groups -OCH3 is 1. The van der Waals surface area contributed by atoms with Gasteiger partial charge in [-0.1, -0.05) is 42.5 Å². The van der Waals surface area contributed by atoms with Gasteiger partial charge in [0.15, 0.2) is 30.0 Å². The second kappa shape index (κ2) is 20.4. The molecular weight excluding hydrogens is 824 g/mol. The van der Waals surface area contributed by atoms with Gasteiger partial charge in [0.05, 0.1) is 30.9 Å². The summed E-state index contributed by atoms with van der Waals surface area (Å²) in [6, 6.07) is 19.7. The van der Waals surface area contributed by atoms with Crippen molar-refractivity contribution < 1.29 is 97.9 Å². The quantitative estimate of drug-likeness (QED) is 0.0506. The van der Waals surface area contributed by atoms with E-state index in [1.165, 1.54) is 62.6 Å². The van der Waals surface area contributed by atoms with Gasteiger partial charge in [-0.15, -0.1) is 0 Å². The van der Waals surface area contributed by atoms with Crippen LogP contribution >= 0.6 is 0 Å². The summed E-state index contributed by atoms with van der Waals surface area (Å²) in [6.45, 7) is -1.18. The number of hydrogen-bond acceptors (Lipinski definition) is 20. The molecule has 3 aromatic rings. The summed E-state index contributed by atoms with van der Waals surface area (Å²) < 4.78 is 50.6. The molecule has 0 radical (unpaired) electrons. The second-order valence-electron chi connectivity index (χ2n) is 14.5. The lowest BCUT2D eigenvalue weighted by atomic mass is 9.98. The van der Waals surface area contributed by atoms with E-state index in [4.69, 9.17) is 42.6 Å². The zero-order chi connectivity index (χ0) is 44.7. The van der Waals surface area contributed by atoms with Gasteiger partial charge in [-0.25, -0.2) is 14.4 Å². The van der Waals surface area contributed by atoms with Crippen molar-refractivity contribution in [2.75, 3.05) is 26.9 Å². The van der Waals surface area contributed by atoms with Crippen LogP contribution in [0.25, 0.3) is 6.08 Å². The fourth-order valence-corrected chi connectivity index (χ4v) is 6.92. The van der Waals surface area contributed by atoms with Crippen LogP contribution in [0.15, 0.2) is 84.9 Å². The highest BCUT2D eigenvalue weighted by Crippen LogP contribution is 2.39. The van der Waals surface area contributed by atoms with E-state index >= 15 is 0 Å². The molecule has 20 heteroatoms. The third kappa shape index (κ3) is 10.2. The normalized spacial score (nSPS) is 33.4. The van der Waals surface area contributed by atoms with Gasteiger partial charge in [0.2, 0.25) is 12.1 Å². The third-order valence-electron chi connectivity index (χ3n) is 10.4. The van der Waals surface area contributed by atoms with E-state index in [0.717, 1.165) is 6.08 Å². The Bertz CT molecular complexity index is 2000. The van der Waals surface area contributed by atoms with E-state index in [0.29, 0.717) is 5.56 Å². The van der Waals surface area contributed by atoms with Crippen LogP contribution in [0.1, 0.15) is 33.2 Å². The molecule has 14 atom stereocenters. The lowest BCUT2D eigenvalue weighted by Gasteiger charge is -2.44. The predicted molar refractivity (Wildman–Crippen MR) is 207 cm³/mol. The van der Waals surface area contributed by atoms with Crippen LogP contribution in [0.5, 0.6) is 11.5 Å². The molecule has 336 valence electrons. The van der Waals surface area contributed by atoms with Crippen LogP contribution in [0.2, 0.25) is 0 Å². The molecule has 3 aromatic carbocycles. The van der Waals surface area contributed by atoms with Gasteiger partial charge in [0.1, 0.15) is 62.0 Å². The molecule has 20 nitrogen and oxygen atoms in total. The minimum absolute atomic E-state index is 0.0523. The summed E-state index contributed by atoms with van der Waals surface area (Å²) in [5, 5.41) is 84.8. The molecule has 0 aromatic heterocycles. The van der Waals surface area contributed by atoms with E-state index in [9.17, 15) is 55.2 Å². The van der Waals surface area contributed by atoms with Gasteiger partial charge < -0.3 is 83.5 Å². The molecular formula is C42H48O20. The lowest BCUT2D eigenvalue weighted by Crippen LogP contribution is -2.64. The van der Waals surface area contributed by atoms with E-state index < -0.39 is 123 Å². The van der Waals surface area contributed by atoms with Crippen molar-refractivity contribution in [3.05, 3.63) is 102 Å².